The molecule has 1 fully saturated rings. The first-order chi connectivity index (χ1) is 31.2. The van der Waals surface area contributed by atoms with Gasteiger partial charge in [-0.25, -0.2) is 0 Å². The van der Waals surface area contributed by atoms with Crippen molar-refractivity contribution in [3.8, 4) is 34.1 Å². The zero-order valence-corrected chi connectivity index (χ0v) is 37.8. The Kier molecular flexibility index (Phi) is 24.2. The third-order valence-corrected chi connectivity index (χ3v) is 10.7. The molecule has 5 rings (SSSR count). The molecule has 3 aromatic carbocycles. The molecule has 1 aliphatic heterocycles. The minimum Gasteiger partial charge on any atom is -0.493 e. The molecule has 12 heteroatoms. The molecule has 1 heterocycles. The molecule has 346 valence electrons. The minimum absolute atomic E-state index is 0.229. The summed E-state index contributed by atoms with van der Waals surface area (Å²) in [6.07, 6.45) is 11.0. The molecule has 2 N–H and O–H groups in total. The number of ether oxygens (including phenoxy) is 10. The van der Waals surface area contributed by atoms with Crippen LogP contribution in [0.4, 0.5) is 0 Å². The molecule has 3 aromatic rings. The summed E-state index contributed by atoms with van der Waals surface area (Å²) in [6.45, 7) is 8.04. The average molecular weight is 874 g/mol. The molecular formula is C51H71NO11. The Hall–Kier alpha value is -4.32. The van der Waals surface area contributed by atoms with E-state index in [9.17, 15) is 0 Å². The van der Waals surface area contributed by atoms with E-state index in [1.165, 1.54) is 31.2 Å². The summed E-state index contributed by atoms with van der Waals surface area (Å²) >= 11 is 0. The maximum Gasteiger partial charge on any atom is 0.203 e. The Morgan fingerprint density at radius 2 is 1.17 bits per heavy atom. The Balaban J connectivity index is 1.07. The average Bonchev–Trinajstić information content (AvgIpc) is 3.31. The molecule has 2 aliphatic rings. The molecule has 0 bridgehead atoms. The number of rotatable bonds is 17. The third kappa shape index (κ3) is 19.1. The van der Waals surface area contributed by atoms with Crippen LogP contribution in [0.1, 0.15) is 81.8 Å². The zero-order chi connectivity index (χ0) is 44.0. The third-order valence-electron chi connectivity index (χ3n) is 10.7. The maximum absolute atomic E-state index is 8.99. The van der Waals surface area contributed by atoms with Gasteiger partial charge in [0.15, 0.2) is 17.3 Å². The van der Waals surface area contributed by atoms with Crippen molar-refractivity contribution in [1.82, 2.24) is 5.32 Å². The highest BCUT2D eigenvalue weighted by Crippen LogP contribution is 2.39. The predicted octanol–water partition coefficient (Wildman–Crippen LogP) is 8.76. The Morgan fingerprint density at radius 3 is 1.83 bits per heavy atom. The van der Waals surface area contributed by atoms with Gasteiger partial charge >= 0.3 is 0 Å². The van der Waals surface area contributed by atoms with Crippen LogP contribution >= 0.6 is 0 Å². The van der Waals surface area contributed by atoms with Crippen molar-refractivity contribution in [3.05, 3.63) is 94.6 Å². The Bertz CT molecular complexity index is 1780. The van der Waals surface area contributed by atoms with E-state index in [4.69, 9.17) is 52.5 Å². The molecular weight excluding hydrogens is 803 g/mol. The molecule has 1 atom stereocenters. The van der Waals surface area contributed by atoms with Gasteiger partial charge in [-0.3, -0.25) is 0 Å². The number of unbranched alkanes of at least 4 members (excludes halogenated alkanes) is 3. The van der Waals surface area contributed by atoms with Crippen molar-refractivity contribution in [1.29, 1.82) is 0 Å². The molecule has 12 nitrogen and oxygen atoms in total. The van der Waals surface area contributed by atoms with E-state index in [0.717, 1.165) is 79.8 Å². The molecule has 0 radical (unpaired) electrons. The lowest BCUT2D eigenvalue weighted by Gasteiger charge is -2.22. The molecule has 1 aliphatic carbocycles. The normalized spacial score (nSPS) is 17.9. The van der Waals surface area contributed by atoms with Gasteiger partial charge in [-0.05, 0) is 84.4 Å². The van der Waals surface area contributed by atoms with Crippen LogP contribution in [0.3, 0.4) is 0 Å². The van der Waals surface area contributed by atoms with E-state index in [1.807, 2.05) is 24.3 Å². The zero-order valence-electron chi connectivity index (χ0n) is 37.8. The van der Waals surface area contributed by atoms with Crippen LogP contribution in [0.5, 0.6) is 23.0 Å². The van der Waals surface area contributed by atoms with Crippen LogP contribution in [0.25, 0.3) is 11.1 Å². The van der Waals surface area contributed by atoms with Crippen LogP contribution in [-0.2, 0) is 41.5 Å². The molecule has 0 spiro atoms. The van der Waals surface area contributed by atoms with Crippen molar-refractivity contribution in [2.45, 2.75) is 89.8 Å². The van der Waals surface area contributed by atoms with Crippen LogP contribution in [0, 0.1) is 0 Å². The minimum atomic E-state index is -0.318. The topological polar surface area (TPSA) is 125 Å². The largest absolute Gasteiger partial charge is 0.493 e. The number of fused-ring (bicyclic) bond motifs is 1. The SMILES string of the molecule is COc1cc(CNCc2ccc(-c3ccc(OCC4=C=C=C5OCCOCCOCCCCCCCCOCCOCCOC5C4)cc3)cc2)cc(OC)c1OCCCCCCO. The van der Waals surface area contributed by atoms with Gasteiger partial charge in [0.25, 0.3) is 0 Å². The second-order valence-corrected chi connectivity index (χ2v) is 15.6. The van der Waals surface area contributed by atoms with Crippen LogP contribution in [0.15, 0.2) is 83.5 Å². The lowest BCUT2D eigenvalue weighted by Crippen LogP contribution is -2.24. The standard InChI is InChI=1S/C51H71NO11/c1-54-49-36-43(37-50(55-2)51(49)62-26-12-8-5-9-23-53)39-52-38-41-13-16-44(17-14-41)45-18-20-46(21-19-45)63-40-42-15-22-47-48(35-42)61-34-32-59-30-28-57-25-11-7-4-3-6-10-24-56-27-29-58-31-33-60-47/h13-14,16-21,36-37,48,52-53H,3-12,23-35,38-40H2,1-2H3. The lowest BCUT2D eigenvalue weighted by molar-refractivity contribution is -0.0259. The lowest BCUT2D eigenvalue weighted by atomic mass is 10.0. The second kappa shape index (κ2) is 30.7. The fourth-order valence-electron chi connectivity index (χ4n) is 7.18. The van der Waals surface area contributed by atoms with Gasteiger partial charge in [-0.1, -0.05) is 74.2 Å². The first kappa shape index (κ1) is 49.7. The molecule has 1 unspecified atom stereocenters. The summed E-state index contributed by atoms with van der Waals surface area (Å²) in [5.74, 6) is 3.30. The highest BCUT2D eigenvalue weighted by Gasteiger charge is 2.22. The van der Waals surface area contributed by atoms with Gasteiger partial charge in [0, 0.05) is 44.9 Å². The number of aliphatic hydroxyl groups excluding tert-OH is 1. The van der Waals surface area contributed by atoms with Crippen molar-refractivity contribution in [2.24, 2.45) is 0 Å². The first-order valence-electron chi connectivity index (χ1n) is 23.0. The van der Waals surface area contributed by atoms with Crippen LogP contribution in [0.2, 0.25) is 0 Å². The van der Waals surface area contributed by atoms with E-state index in [2.05, 4.69) is 53.2 Å². The molecule has 0 aromatic heterocycles. The van der Waals surface area contributed by atoms with Gasteiger partial charge in [0.2, 0.25) is 5.75 Å². The van der Waals surface area contributed by atoms with Gasteiger partial charge in [-0.2, -0.15) is 0 Å². The van der Waals surface area contributed by atoms with E-state index < -0.39 is 0 Å². The summed E-state index contributed by atoms with van der Waals surface area (Å²) in [5.41, 5.74) is 11.8. The first-order valence-corrected chi connectivity index (χ1v) is 23.0. The number of aliphatic hydroxyl groups is 1. The summed E-state index contributed by atoms with van der Waals surface area (Å²) in [5, 5.41) is 12.5. The van der Waals surface area contributed by atoms with Crippen LogP contribution < -0.4 is 24.3 Å². The van der Waals surface area contributed by atoms with Gasteiger partial charge < -0.3 is 57.8 Å². The van der Waals surface area contributed by atoms with Crippen LogP contribution in [-0.4, -0.2) is 111 Å². The number of hydrogen-bond donors (Lipinski definition) is 2. The summed E-state index contributed by atoms with van der Waals surface area (Å²) in [6, 6.07) is 20.7. The quantitative estimate of drug-likeness (QED) is 0.0996. The fourth-order valence-corrected chi connectivity index (χ4v) is 7.18. The highest BCUT2D eigenvalue weighted by atomic mass is 16.6. The monoisotopic (exact) mass is 874 g/mol. The predicted molar refractivity (Wildman–Crippen MR) is 244 cm³/mol. The summed E-state index contributed by atoms with van der Waals surface area (Å²) in [7, 11) is 3.29. The van der Waals surface area contributed by atoms with Gasteiger partial charge in [-0.15, -0.1) is 0 Å². The Labute approximate surface area is 375 Å². The highest BCUT2D eigenvalue weighted by molar-refractivity contribution is 5.64. The molecule has 1 saturated heterocycles. The van der Waals surface area contributed by atoms with E-state index >= 15 is 0 Å². The van der Waals surface area contributed by atoms with Gasteiger partial charge in [0.05, 0.1) is 67.1 Å². The van der Waals surface area contributed by atoms with Crippen molar-refractivity contribution in [3.63, 3.8) is 0 Å². The Morgan fingerprint density at radius 1 is 0.603 bits per heavy atom. The number of hydrogen-bond acceptors (Lipinski definition) is 12. The second-order valence-electron chi connectivity index (χ2n) is 15.6. The van der Waals surface area contributed by atoms with Crippen molar-refractivity contribution in [2.75, 3.05) is 100 Å². The number of benzene rings is 3. The smallest absolute Gasteiger partial charge is 0.203 e. The van der Waals surface area contributed by atoms with Crippen molar-refractivity contribution < 1.29 is 52.5 Å². The van der Waals surface area contributed by atoms with E-state index in [0.29, 0.717) is 109 Å². The summed E-state index contributed by atoms with van der Waals surface area (Å²) < 4.78 is 58.8. The van der Waals surface area contributed by atoms with Crippen molar-refractivity contribution >= 4 is 0 Å². The molecule has 0 saturated carbocycles. The number of methoxy groups -OCH3 is 2. The fraction of sp³-hybridized carbons (Fsp3) is 0.569. The molecule has 63 heavy (non-hydrogen) atoms. The maximum atomic E-state index is 8.99. The summed E-state index contributed by atoms with van der Waals surface area (Å²) in [4.78, 5) is 0. The van der Waals surface area contributed by atoms with E-state index in [1.54, 1.807) is 14.2 Å². The number of nitrogens with one attached hydrogen (secondary N) is 1. The molecule has 0 amide bonds. The van der Waals surface area contributed by atoms with Gasteiger partial charge in [0.1, 0.15) is 25.1 Å². The van der Waals surface area contributed by atoms with E-state index in [-0.39, 0.29) is 12.7 Å².